The SMILES string of the molecule is CCCNc1nc(Nc2cnc3c(c2)c(OC)nn3C)ncc1C#CCCCNC(=O)[C@H](C)N(C)C(=O)OC(C)(C)C. The van der Waals surface area contributed by atoms with E-state index in [1.165, 1.54) is 4.90 Å². The van der Waals surface area contributed by atoms with Gasteiger partial charge in [0.15, 0.2) is 5.65 Å². The van der Waals surface area contributed by atoms with Gasteiger partial charge in [-0.3, -0.25) is 9.69 Å². The molecule has 13 nitrogen and oxygen atoms in total. The fourth-order valence-corrected chi connectivity index (χ4v) is 3.73. The zero-order valence-electron chi connectivity index (χ0n) is 25.7. The lowest BCUT2D eigenvalue weighted by atomic mass is 10.2. The van der Waals surface area contributed by atoms with Gasteiger partial charge in [-0.25, -0.2) is 19.4 Å². The van der Waals surface area contributed by atoms with Gasteiger partial charge in [0.1, 0.15) is 17.5 Å². The fraction of sp³-hybridized carbons (Fsp3) is 0.517. The number of unbranched alkanes of at least 4 members (excludes halogenated alkanes) is 1. The third kappa shape index (κ3) is 8.70. The number of rotatable bonds is 11. The second-order valence-corrected chi connectivity index (χ2v) is 10.7. The van der Waals surface area contributed by atoms with Crippen LogP contribution in [0, 0.1) is 11.8 Å². The highest BCUT2D eigenvalue weighted by atomic mass is 16.6. The quantitative estimate of drug-likeness (QED) is 0.226. The van der Waals surface area contributed by atoms with Crippen molar-refractivity contribution in [3.05, 3.63) is 24.0 Å². The van der Waals surface area contributed by atoms with Crippen molar-refractivity contribution in [2.24, 2.45) is 7.05 Å². The molecule has 3 heterocycles. The minimum Gasteiger partial charge on any atom is -0.479 e. The Morgan fingerprint density at radius 3 is 2.64 bits per heavy atom. The summed E-state index contributed by atoms with van der Waals surface area (Å²) in [6.07, 6.45) is 4.94. The molecule has 0 saturated heterocycles. The summed E-state index contributed by atoms with van der Waals surface area (Å²) in [5, 5.41) is 14.4. The number of nitrogens with zero attached hydrogens (tertiary/aromatic N) is 6. The van der Waals surface area contributed by atoms with Crippen LogP contribution in [-0.4, -0.2) is 80.5 Å². The maximum Gasteiger partial charge on any atom is 0.410 e. The maximum atomic E-state index is 12.5. The molecule has 13 heteroatoms. The summed E-state index contributed by atoms with van der Waals surface area (Å²) in [4.78, 5) is 39.5. The Balaban J connectivity index is 1.58. The molecule has 2 amide bonds. The molecule has 0 bridgehead atoms. The van der Waals surface area contributed by atoms with Crippen LogP contribution in [-0.2, 0) is 16.6 Å². The summed E-state index contributed by atoms with van der Waals surface area (Å²) in [6.45, 7) is 10.2. The maximum absolute atomic E-state index is 12.5. The Kier molecular flexibility index (Phi) is 10.9. The number of anilines is 3. The van der Waals surface area contributed by atoms with Gasteiger partial charge in [-0.15, -0.1) is 5.10 Å². The van der Waals surface area contributed by atoms with Crippen molar-refractivity contribution < 1.29 is 19.1 Å². The Morgan fingerprint density at radius 1 is 1.19 bits per heavy atom. The molecule has 0 aliphatic heterocycles. The lowest BCUT2D eigenvalue weighted by Gasteiger charge is -2.28. The molecule has 3 N–H and O–H groups in total. The van der Waals surface area contributed by atoms with Gasteiger partial charge in [-0.05, 0) is 46.6 Å². The van der Waals surface area contributed by atoms with E-state index in [2.05, 4.69) is 54.8 Å². The number of aryl methyl sites for hydroxylation is 1. The number of pyridine rings is 1. The first-order chi connectivity index (χ1) is 19.9. The molecule has 0 aliphatic rings. The van der Waals surface area contributed by atoms with E-state index in [-0.39, 0.29) is 5.91 Å². The van der Waals surface area contributed by atoms with Crippen LogP contribution in [0.25, 0.3) is 11.0 Å². The molecule has 3 rings (SSSR count). The average molecular weight is 580 g/mol. The van der Waals surface area contributed by atoms with Crippen molar-refractivity contribution in [1.82, 2.24) is 34.9 Å². The second-order valence-electron chi connectivity index (χ2n) is 10.7. The highest BCUT2D eigenvalue weighted by molar-refractivity contribution is 5.85. The minimum atomic E-state index is -0.661. The Hall–Kier alpha value is -4.60. The van der Waals surface area contributed by atoms with E-state index in [9.17, 15) is 9.59 Å². The number of methoxy groups -OCH3 is 1. The van der Waals surface area contributed by atoms with Gasteiger partial charge >= 0.3 is 6.09 Å². The van der Waals surface area contributed by atoms with Gasteiger partial charge in [-0.1, -0.05) is 18.8 Å². The normalized spacial score (nSPS) is 11.7. The van der Waals surface area contributed by atoms with Gasteiger partial charge in [0.25, 0.3) is 0 Å². The summed E-state index contributed by atoms with van der Waals surface area (Å²) in [7, 11) is 4.93. The molecule has 0 aliphatic carbocycles. The molecule has 0 unspecified atom stereocenters. The Labute approximate surface area is 246 Å². The lowest BCUT2D eigenvalue weighted by Crippen LogP contribution is -2.47. The van der Waals surface area contributed by atoms with Crippen LogP contribution >= 0.6 is 0 Å². The topological polar surface area (TPSA) is 148 Å². The van der Waals surface area contributed by atoms with Crippen molar-refractivity contribution >= 4 is 40.5 Å². The lowest BCUT2D eigenvalue weighted by molar-refractivity contribution is -0.125. The molecule has 3 aromatic rings. The highest BCUT2D eigenvalue weighted by Crippen LogP contribution is 2.26. The van der Waals surface area contributed by atoms with Crippen LogP contribution in [0.5, 0.6) is 5.88 Å². The first kappa shape index (κ1) is 31.9. The van der Waals surface area contributed by atoms with Crippen LogP contribution in [0.3, 0.4) is 0 Å². The average Bonchev–Trinajstić information content (AvgIpc) is 3.27. The number of hydrogen-bond acceptors (Lipinski definition) is 10. The highest BCUT2D eigenvalue weighted by Gasteiger charge is 2.26. The van der Waals surface area contributed by atoms with Crippen LogP contribution in [0.1, 0.15) is 59.4 Å². The van der Waals surface area contributed by atoms with Gasteiger partial charge < -0.3 is 25.4 Å². The summed E-state index contributed by atoms with van der Waals surface area (Å²) in [5.74, 6) is 7.53. The monoisotopic (exact) mass is 579 g/mol. The zero-order valence-corrected chi connectivity index (χ0v) is 25.7. The number of carbonyl (C=O) groups excluding carboxylic acids is 2. The van der Waals surface area contributed by atoms with Crippen LogP contribution in [0.4, 0.5) is 22.2 Å². The number of aromatic nitrogens is 5. The number of hydrogen-bond donors (Lipinski definition) is 3. The zero-order chi connectivity index (χ0) is 30.9. The van der Waals surface area contributed by atoms with E-state index in [1.54, 1.807) is 58.9 Å². The Bertz CT molecular complexity index is 1450. The van der Waals surface area contributed by atoms with E-state index < -0.39 is 17.7 Å². The molecule has 42 heavy (non-hydrogen) atoms. The predicted octanol–water partition coefficient (Wildman–Crippen LogP) is 3.84. The summed E-state index contributed by atoms with van der Waals surface area (Å²) in [5.41, 5.74) is 1.45. The Morgan fingerprint density at radius 2 is 1.95 bits per heavy atom. The molecule has 226 valence electrons. The van der Waals surface area contributed by atoms with E-state index in [0.29, 0.717) is 53.9 Å². The first-order valence-corrected chi connectivity index (χ1v) is 13.9. The van der Waals surface area contributed by atoms with E-state index >= 15 is 0 Å². The van der Waals surface area contributed by atoms with Crippen LogP contribution in [0.15, 0.2) is 18.5 Å². The van der Waals surface area contributed by atoms with Gasteiger partial charge in [-0.2, -0.15) is 4.98 Å². The molecular weight excluding hydrogens is 538 g/mol. The molecule has 1 atom stereocenters. The third-order valence-corrected chi connectivity index (χ3v) is 6.07. The van der Waals surface area contributed by atoms with Gasteiger partial charge in [0.05, 0.1) is 36.1 Å². The number of ether oxygens (including phenoxy) is 2. The van der Waals surface area contributed by atoms with Gasteiger partial charge in [0.2, 0.25) is 17.7 Å². The number of amides is 2. The van der Waals surface area contributed by atoms with Crippen molar-refractivity contribution in [2.45, 2.75) is 65.5 Å². The summed E-state index contributed by atoms with van der Waals surface area (Å²) >= 11 is 0. The van der Waals surface area contributed by atoms with E-state index in [4.69, 9.17) is 9.47 Å². The third-order valence-electron chi connectivity index (χ3n) is 6.07. The molecule has 0 spiro atoms. The van der Waals surface area contributed by atoms with Crippen molar-refractivity contribution in [1.29, 1.82) is 0 Å². The summed E-state index contributed by atoms with van der Waals surface area (Å²) < 4.78 is 12.3. The second kappa shape index (κ2) is 14.3. The number of carbonyl (C=O) groups is 2. The fourth-order valence-electron chi connectivity index (χ4n) is 3.73. The van der Waals surface area contributed by atoms with E-state index in [1.807, 2.05) is 13.1 Å². The predicted molar refractivity (Wildman–Crippen MR) is 162 cm³/mol. The molecule has 0 saturated carbocycles. The smallest absolute Gasteiger partial charge is 0.410 e. The van der Waals surface area contributed by atoms with Gasteiger partial charge in [0, 0.05) is 33.6 Å². The minimum absolute atomic E-state index is 0.254. The van der Waals surface area contributed by atoms with Crippen LogP contribution < -0.4 is 20.7 Å². The van der Waals surface area contributed by atoms with Crippen molar-refractivity contribution in [3.8, 4) is 17.7 Å². The molecule has 0 radical (unpaired) electrons. The first-order valence-electron chi connectivity index (χ1n) is 13.9. The van der Waals surface area contributed by atoms with Crippen molar-refractivity contribution in [2.75, 3.05) is 37.9 Å². The van der Waals surface area contributed by atoms with Crippen molar-refractivity contribution in [3.63, 3.8) is 0 Å². The summed E-state index contributed by atoms with van der Waals surface area (Å²) in [6, 6.07) is 1.23. The number of fused-ring (bicyclic) bond motifs is 1. The molecular formula is C29H41N9O4. The molecule has 3 aromatic heterocycles. The molecule has 0 fully saturated rings. The number of nitrogens with one attached hydrogen (secondary N) is 3. The largest absolute Gasteiger partial charge is 0.479 e. The van der Waals surface area contributed by atoms with E-state index in [0.717, 1.165) is 18.4 Å². The number of likely N-dealkylation sites (N-methyl/N-ethyl adjacent to an activating group) is 1. The standard InChI is InChI=1S/C29H41N9O4/c1-9-14-30-23-20(13-11-10-12-15-31-25(39)19(2)37(6)28(40)42-29(3,4)5)17-33-27(35-23)34-21-16-22-24(32-18-21)38(7)36-26(22)41-8/h16-19H,9-10,12,14-15H2,1-8H3,(H,31,39)(H2,30,33,34,35)/t19-/m0/s1. The molecule has 0 aromatic carbocycles. The van der Waals surface area contributed by atoms with Crippen LogP contribution in [0.2, 0.25) is 0 Å².